The van der Waals surface area contributed by atoms with Gasteiger partial charge < -0.3 is 15.0 Å². The zero-order chi connectivity index (χ0) is 18.2. The number of ether oxygens (including phenoxy) is 1. The minimum atomic E-state index is 0. The second-order valence-electron chi connectivity index (χ2n) is 6.64. The van der Waals surface area contributed by atoms with Gasteiger partial charge in [-0.05, 0) is 47.8 Å². The van der Waals surface area contributed by atoms with Gasteiger partial charge in [-0.25, -0.2) is 0 Å². The lowest BCUT2D eigenvalue weighted by molar-refractivity contribution is 0.153. The number of hydrogen-bond acceptors (Lipinski definition) is 4. The summed E-state index contributed by atoms with van der Waals surface area (Å²) in [5, 5.41) is 3.47. The van der Waals surface area contributed by atoms with Crippen molar-refractivity contribution in [3.05, 3.63) is 32.4 Å². The summed E-state index contributed by atoms with van der Waals surface area (Å²) in [6, 6.07) is 4.36. The Balaban J connectivity index is 0.00000261. The van der Waals surface area contributed by atoms with Gasteiger partial charge in [-0.2, -0.15) is 0 Å². The SMILES string of the molecule is CCNC(=NCCC1=CCOCC1)N1CCN(Cc2ccc(Br)s2)CC1.I. The van der Waals surface area contributed by atoms with Gasteiger partial charge in [-0.1, -0.05) is 11.6 Å². The molecule has 1 fully saturated rings. The summed E-state index contributed by atoms with van der Waals surface area (Å²) in [6.07, 6.45) is 4.32. The van der Waals surface area contributed by atoms with E-state index < -0.39 is 0 Å². The predicted octanol–water partition coefficient (Wildman–Crippen LogP) is 3.95. The molecule has 27 heavy (non-hydrogen) atoms. The van der Waals surface area contributed by atoms with E-state index in [1.165, 1.54) is 14.2 Å². The van der Waals surface area contributed by atoms with Crippen LogP contribution < -0.4 is 5.32 Å². The van der Waals surface area contributed by atoms with Crippen molar-refractivity contribution >= 4 is 57.2 Å². The van der Waals surface area contributed by atoms with E-state index in [-0.39, 0.29) is 24.0 Å². The standard InChI is InChI=1S/C19H29BrN4OS.HI/c1-2-21-19(22-8-5-16-6-13-25-14-7-16)24-11-9-23(10-12-24)15-17-3-4-18(20)26-17;/h3-4,6H,2,5,7-15H2,1H3,(H,21,22);1H. The van der Waals surface area contributed by atoms with Crippen molar-refractivity contribution in [2.45, 2.75) is 26.3 Å². The fourth-order valence-electron chi connectivity index (χ4n) is 3.30. The molecule has 0 unspecified atom stereocenters. The summed E-state index contributed by atoms with van der Waals surface area (Å²) in [6.45, 7) is 10.8. The second kappa shape index (κ2) is 12.4. The maximum absolute atomic E-state index is 5.38. The van der Waals surface area contributed by atoms with Crippen molar-refractivity contribution in [1.29, 1.82) is 0 Å². The average molecular weight is 569 g/mol. The Morgan fingerprint density at radius 3 is 2.74 bits per heavy atom. The summed E-state index contributed by atoms with van der Waals surface area (Å²) < 4.78 is 6.59. The third kappa shape index (κ3) is 7.64. The summed E-state index contributed by atoms with van der Waals surface area (Å²) >= 11 is 5.38. The molecular formula is C19H30BrIN4OS. The maximum atomic E-state index is 5.38. The summed E-state index contributed by atoms with van der Waals surface area (Å²) in [7, 11) is 0. The van der Waals surface area contributed by atoms with E-state index in [1.54, 1.807) is 0 Å². The maximum Gasteiger partial charge on any atom is 0.194 e. The van der Waals surface area contributed by atoms with E-state index in [0.29, 0.717) is 0 Å². The molecule has 1 aromatic rings. The van der Waals surface area contributed by atoms with Crippen molar-refractivity contribution in [1.82, 2.24) is 15.1 Å². The molecule has 5 nitrogen and oxygen atoms in total. The molecule has 2 aliphatic rings. The lowest BCUT2D eigenvalue weighted by Crippen LogP contribution is -2.52. The average Bonchev–Trinajstić information content (AvgIpc) is 3.07. The Morgan fingerprint density at radius 1 is 1.30 bits per heavy atom. The molecule has 3 heterocycles. The fourth-order valence-corrected chi connectivity index (χ4v) is 4.82. The van der Waals surface area contributed by atoms with Gasteiger partial charge in [0.1, 0.15) is 0 Å². The Hall–Kier alpha value is -0.160. The topological polar surface area (TPSA) is 40.1 Å². The van der Waals surface area contributed by atoms with Crippen LogP contribution in [-0.2, 0) is 11.3 Å². The first-order valence-corrected chi connectivity index (χ1v) is 11.1. The van der Waals surface area contributed by atoms with Gasteiger partial charge in [0.15, 0.2) is 5.96 Å². The Morgan fingerprint density at radius 2 is 2.11 bits per heavy atom. The van der Waals surface area contributed by atoms with Crippen molar-refractivity contribution in [3.63, 3.8) is 0 Å². The quantitative estimate of drug-likeness (QED) is 0.244. The van der Waals surface area contributed by atoms with Gasteiger partial charge in [-0.15, -0.1) is 35.3 Å². The van der Waals surface area contributed by atoms with Crippen LogP contribution >= 0.6 is 51.2 Å². The van der Waals surface area contributed by atoms with Crippen LogP contribution in [0.3, 0.4) is 0 Å². The minimum absolute atomic E-state index is 0. The van der Waals surface area contributed by atoms with Crippen molar-refractivity contribution in [3.8, 4) is 0 Å². The monoisotopic (exact) mass is 568 g/mol. The van der Waals surface area contributed by atoms with Crippen LogP contribution in [0.15, 0.2) is 32.6 Å². The molecule has 0 saturated carbocycles. The van der Waals surface area contributed by atoms with Crippen molar-refractivity contribution in [2.75, 3.05) is 52.5 Å². The highest BCUT2D eigenvalue weighted by Crippen LogP contribution is 2.23. The number of piperazine rings is 1. The number of hydrogen-bond donors (Lipinski definition) is 1. The molecule has 1 saturated heterocycles. The molecule has 0 bridgehead atoms. The first-order chi connectivity index (χ1) is 12.7. The van der Waals surface area contributed by atoms with E-state index in [4.69, 9.17) is 9.73 Å². The normalized spacial score (nSPS) is 18.8. The highest BCUT2D eigenvalue weighted by molar-refractivity contribution is 14.0. The van der Waals surface area contributed by atoms with Gasteiger partial charge in [-0.3, -0.25) is 9.89 Å². The van der Waals surface area contributed by atoms with Gasteiger partial charge in [0.25, 0.3) is 0 Å². The van der Waals surface area contributed by atoms with Crippen LogP contribution in [-0.4, -0.2) is 68.2 Å². The number of aliphatic imine (C=N–C) groups is 1. The van der Waals surface area contributed by atoms with E-state index >= 15 is 0 Å². The lowest BCUT2D eigenvalue weighted by atomic mass is 10.1. The molecular weight excluding hydrogens is 539 g/mol. The predicted molar refractivity (Wildman–Crippen MR) is 128 cm³/mol. The lowest BCUT2D eigenvalue weighted by Gasteiger charge is -2.36. The number of nitrogens with one attached hydrogen (secondary N) is 1. The molecule has 0 spiro atoms. The molecule has 3 rings (SSSR count). The van der Waals surface area contributed by atoms with Gasteiger partial charge in [0.2, 0.25) is 0 Å². The third-order valence-electron chi connectivity index (χ3n) is 4.77. The van der Waals surface area contributed by atoms with Crippen molar-refractivity contribution < 1.29 is 4.74 Å². The highest BCUT2D eigenvalue weighted by atomic mass is 127. The van der Waals surface area contributed by atoms with E-state index in [2.05, 4.69) is 56.2 Å². The largest absolute Gasteiger partial charge is 0.377 e. The molecule has 1 N–H and O–H groups in total. The highest BCUT2D eigenvalue weighted by Gasteiger charge is 2.20. The van der Waals surface area contributed by atoms with E-state index in [0.717, 1.165) is 77.8 Å². The number of guanidine groups is 1. The van der Waals surface area contributed by atoms with Crippen LogP contribution in [0.25, 0.3) is 0 Å². The first-order valence-electron chi connectivity index (χ1n) is 9.50. The number of nitrogens with zero attached hydrogens (tertiary/aromatic N) is 3. The van der Waals surface area contributed by atoms with Crippen LogP contribution in [0.1, 0.15) is 24.6 Å². The second-order valence-corrected chi connectivity index (χ2v) is 9.19. The van der Waals surface area contributed by atoms with Crippen LogP contribution in [0, 0.1) is 0 Å². The smallest absolute Gasteiger partial charge is 0.194 e. The Labute approximate surface area is 192 Å². The molecule has 0 aliphatic carbocycles. The van der Waals surface area contributed by atoms with Crippen LogP contribution in [0.2, 0.25) is 0 Å². The van der Waals surface area contributed by atoms with E-state index in [1.807, 2.05) is 11.3 Å². The van der Waals surface area contributed by atoms with Crippen LogP contribution in [0.4, 0.5) is 0 Å². The zero-order valence-electron chi connectivity index (χ0n) is 16.0. The molecule has 8 heteroatoms. The fraction of sp³-hybridized carbons (Fsp3) is 0.632. The molecule has 1 aromatic heterocycles. The number of rotatable bonds is 6. The summed E-state index contributed by atoms with van der Waals surface area (Å²) in [5.74, 6) is 1.07. The molecule has 0 amide bonds. The first kappa shape index (κ1) is 23.1. The summed E-state index contributed by atoms with van der Waals surface area (Å²) in [4.78, 5) is 11.2. The van der Waals surface area contributed by atoms with E-state index in [9.17, 15) is 0 Å². The molecule has 0 radical (unpaired) electrons. The summed E-state index contributed by atoms with van der Waals surface area (Å²) in [5.41, 5.74) is 1.49. The van der Waals surface area contributed by atoms with Gasteiger partial charge in [0, 0.05) is 50.7 Å². The Bertz CT molecular complexity index is 629. The van der Waals surface area contributed by atoms with Crippen LogP contribution in [0.5, 0.6) is 0 Å². The molecule has 0 aromatic carbocycles. The van der Waals surface area contributed by atoms with Crippen molar-refractivity contribution in [2.24, 2.45) is 4.99 Å². The third-order valence-corrected chi connectivity index (χ3v) is 6.38. The van der Waals surface area contributed by atoms with Gasteiger partial charge in [0.05, 0.1) is 17.0 Å². The number of halogens is 2. The molecule has 152 valence electrons. The Kier molecular flexibility index (Phi) is 10.6. The minimum Gasteiger partial charge on any atom is -0.377 e. The van der Waals surface area contributed by atoms with Gasteiger partial charge >= 0.3 is 0 Å². The molecule has 2 aliphatic heterocycles. The zero-order valence-corrected chi connectivity index (χ0v) is 20.7. The number of thiophene rings is 1. The molecule has 0 atom stereocenters.